The van der Waals surface area contributed by atoms with Crippen LogP contribution in [0.2, 0.25) is 0 Å². The molecule has 228 valence electrons. The van der Waals surface area contributed by atoms with E-state index in [1.165, 1.54) is 31.4 Å². The highest BCUT2D eigenvalue weighted by Crippen LogP contribution is 2.22. The molecule has 0 spiro atoms. The minimum Gasteiger partial charge on any atom is -1.00 e. The van der Waals surface area contributed by atoms with Crippen LogP contribution in [0.15, 0.2) is 119 Å². The lowest BCUT2D eigenvalue weighted by atomic mass is 10.2. The minimum absolute atomic E-state index is 0. The van der Waals surface area contributed by atoms with Gasteiger partial charge in [-0.15, -0.1) is 0 Å². The summed E-state index contributed by atoms with van der Waals surface area (Å²) in [6.45, 7) is 8.39. The molecular formula is C34H43Br2N7. The number of pyridine rings is 2. The van der Waals surface area contributed by atoms with E-state index < -0.39 is 0 Å². The van der Waals surface area contributed by atoms with Crippen LogP contribution in [0.1, 0.15) is 45.1 Å². The Kier molecular flexibility index (Phi) is 16.4. The van der Waals surface area contributed by atoms with Crippen molar-refractivity contribution >= 4 is 29.0 Å². The van der Waals surface area contributed by atoms with Crippen molar-refractivity contribution in [1.29, 1.82) is 0 Å². The molecule has 0 aliphatic rings. The van der Waals surface area contributed by atoms with Crippen LogP contribution in [0, 0.1) is 0 Å². The lowest BCUT2D eigenvalue weighted by Crippen LogP contribution is -3.00. The minimum atomic E-state index is 0. The maximum absolute atomic E-state index is 4.54. The maximum atomic E-state index is 4.54. The van der Waals surface area contributed by atoms with Gasteiger partial charge in [-0.05, 0) is 63.1 Å². The molecular weight excluding hydrogens is 666 g/mol. The second-order valence-electron chi connectivity index (χ2n) is 10.1. The van der Waals surface area contributed by atoms with E-state index in [9.17, 15) is 0 Å². The summed E-state index contributed by atoms with van der Waals surface area (Å²) in [7, 11) is 1.96. The molecule has 0 N–H and O–H groups in total. The fraction of sp³-hybridized carbons (Fsp3) is 0.324. The Balaban J connectivity index is 0.00000323. The number of aryl methyl sites for hydroxylation is 2. The number of aromatic nitrogens is 2. The van der Waals surface area contributed by atoms with E-state index in [0.29, 0.717) is 0 Å². The summed E-state index contributed by atoms with van der Waals surface area (Å²) < 4.78 is 4.47. The van der Waals surface area contributed by atoms with Gasteiger partial charge in [-0.2, -0.15) is 15.3 Å². The summed E-state index contributed by atoms with van der Waals surface area (Å²) in [5.41, 5.74) is 5.12. The Morgan fingerprint density at radius 3 is 1.65 bits per heavy atom. The topological polar surface area (TPSA) is 51.3 Å². The number of halogens is 2. The van der Waals surface area contributed by atoms with E-state index in [2.05, 4.69) is 92.3 Å². The summed E-state index contributed by atoms with van der Waals surface area (Å²) in [6, 6.07) is 26.7. The van der Waals surface area contributed by atoms with Crippen LogP contribution < -0.4 is 53.0 Å². The molecule has 2 aromatic heterocycles. The average Bonchev–Trinajstić information content (AvgIpc) is 3.03. The van der Waals surface area contributed by atoms with Crippen LogP contribution >= 0.6 is 0 Å². The zero-order valence-electron chi connectivity index (χ0n) is 25.4. The molecule has 0 fully saturated rings. The number of hydrogen-bond acceptors (Lipinski definition) is 5. The summed E-state index contributed by atoms with van der Waals surface area (Å²) in [6.07, 6.45) is 15.1. The molecule has 2 heterocycles. The maximum Gasteiger partial charge on any atom is 0.171 e. The molecule has 0 amide bonds. The lowest BCUT2D eigenvalue weighted by molar-refractivity contribution is -0.698. The van der Waals surface area contributed by atoms with Gasteiger partial charge < -0.3 is 38.9 Å². The molecule has 2 aromatic carbocycles. The number of hydrogen-bond donors (Lipinski definition) is 0. The van der Waals surface area contributed by atoms with Crippen molar-refractivity contribution in [2.45, 2.75) is 52.6 Å². The quantitative estimate of drug-likeness (QED) is 0.0615. The first kappa shape index (κ1) is 35.8. The number of rotatable bonds is 15. The number of azo groups is 1. The summed E-state index contributed by atoms with van der Waals surface area (Å²) >= 11 is 0. The molecule has 7 nitrogen and oxygen atoms in total. The predicted octanol–water partition coefficient (Wildman–Crippen LogP) is 1.26. The van der Waals surface area contributed by atoms with E-state index >= 15 is 0 Å². The standard InChI is InChI=1S/C34H43N7.2BrH/c1-4-41(5-2)34-17-15-31(16-18-34)36-37-32-21-27-40(28-22-32)24-12-7-6-11-23-39-25-19-30(20-26-39)29-35-38(3)33-13-9-8-10-14-33;;/h8-10,13-22,25-29H,4-7,11-12,23-24H2,1-3H3;2*1H/q+2;;/p-2. The first-order valence-corrected chi connectivity index (χ1v) is 14.7. The molecule has 4 aromatic rings. The van der Waals surface area contributed by atoms with Gasteiger partial charge in [-0.25, -0.2) is 9.13 Å². The first-order chi connectivity index (χ1) is 20.1. The Hall–Kier alpha value is -3.43. The highest BCUT2D eigenvalue weighted by molar-refractivity contribution is 5.79. The summed E-state index contributed by atoms with van der Waals surface area (Å²) in [5.74, 6) is 0. The number of unbranched alkanes of at least 4 members (excludes halogenated alkanes) is 3. The van der Waals surface area contributed by atoms with Crippen LogP contribution in [-0.4, -0.2) is 26.4 Å². The van der Waals surface area contributed by atoms with Crippen LogP contribution in [0.25, 0.3) is 0 Å². The monoisotopic (exact) mass is 707 g/mol. The van der Waals surface area contributed by atoms with Gasteiger partial charge in [0.15, 0.2) is 24.8 Å². The van der Waals surface area contributed by atoms with Gasteiger partial charge >= 0.3 is 0 Å². The van der Waals surface area contributed by atoms with Gasteiger partial charge in [0.1, 0.15) is 13.1 Å². The molecule has 0 aliphatic heterocycles. The van der Waals surface area contributed by atoms with Gasteiger partial charge in [0.05, 0.1) is 23.3 Å². The van der Waals surface area contributed by atoms with Crippen molar-refractivity contribution < 1.29 is 43.1 Å². The van der Waals surface area contributed by atoms with Gasteiger partial charge in [-0.1, -0.05) is 18.2 Å². The molecule has 0 bridgehead atoms. The van der Waals surface area contributed by atoms with E-state index in [1.807, 2.05) is 72.9 Å². The van der Waals surface area contributed by atoms with Crippen molar-refractivity contribution in [3.05, 3.63) is 109 Å². The highest BCUT2D eigenvalue weighted by Gasteiger charge is 2.05. The molecule has 43 heavy (non-hydrogen) atoms. The SMILES string of the molecule is CCN(CC)c1ccc(N=Nc2cc[n+](CCCCCC[n+]3ccc(/C=N\N(C)c4ccccc4)cc3)cc2)cc1.[Br-].[Br-]. The normalized spacial score (nSPS) is 10.9. The number of hydrazone groups is 1. The zero-order valence-corrected chi connectivity index (χ0v) is 28.6. The van der Waals surface area contributed by atoms with Crippen LogP contribution in [-0.2, 0) is 13.1 Å². The molecule has 0 aliphatic carbocycles. The third-order valence-electron chi connectivity index (χ3n) is 7.14. The van der Waals surface area contributed by atoms with E-state index in [1.54, 1.807) is 0 Å². The Labute approximate surface area is 278 Å². The van der Waals surface area contributed by atoms with Crippen LogP contribution in [0.4, 0.5) is 22.7 Å². The third kappa shape index (κ3) is 12.0. The molecule has 0 saturated heterocycles. The largest absolute Gasteiger partial charge is 1.00 e. The summed E-state index contributed by atoms with van der Waals surface area (Å²) in [4.78, 5) is 2.32. The van der Waals surface area contributed by atoms with Gasteiger partial charge in [0.2, 0.25) is 0 Å². The second-order valence-corrected chi connectivity index (χ2v) is 10.1. The first-order valence-electron chi connectivity index (χ1n) is 14.7. The smallest absolute Gasteiger partial charge is 0.171 e. The number of para-hydroxylation sites is 1. The van der Waals surface area contributed by atoms with Gasteiger partial charge in [0.25, 0.3) is 0 Å². The Morgan fingerprint density at radius 1 is 0.605 bits per heavy atom. The summed E-state index contributed by atoms with van der Waals surface area (Å²) in [5, 5.41) is 15.2. The van der Waals surface area contributed by atoms with Gasteiger partial charge in [-0.3, -0.25) is 5.01 Å². The van der Waals surface area contributed by atoms with Crippen molar-refractivity contribution in [2.24, 2.45) is 15.3 Å². The predicted molar refractivity (Wildman–Crippen MR) is 168 cm³/mol. The zero-order chi connectivity index (χ0) is 28.7. The van der Waals surface area contributed by atoms with Crippen molar-refractivity contribution in [2.75, 3.05) is 30.0 Å². The van der Waals surface area contributed by atoms with Crippen LogP contribution in [0.3, 0.4) is 0 Å². The Bertz CT molecular complexity index is 1360. The average molecular weight is 710 g/mol. The Morgan fingerprint density at radius 2 is 1.12 bits per heavy atom. The van der Waals surface area contributed by atoms with Crippen molar-refractivity contribution in [3.8, 4) is 0 Å². The van der Waals surface area contributed by atoms with E-state index in [4.69, 9.17) is 0 Å². The molecule has 9 heteroatoms. The highest BCUT2D eigenvalue weighted by atomic mass is 79.9. The fourth-order valence-electron chi connectivity index (χ4n) is 4.61. The third-order valence-corrected chi connectivity index (χ3v) is 7.14. The molecule has 4 rings (SSSR count). The molecule has 0 unspecified atom stereocenters. The fourth-order valence-corrected chi connectivity index (χ4v) is 4.61. The molecule has 0 atom stereocenters. The van der Waals surface area contributed by atoms with Crippen molar-refractivity contribution in [1.82, 2.24) is 0 Å². The van der Waals surface area contributed by atoms with Gasteiger partial charge in [0, 0.05) is 68.5 Å². The van der Waals surface area contributed by atoms with E-state index in [-0.39, 0.29) is 34.0 Å². The number of benzene rings is 2. The second kappa shape index (κ2) is 19.7. The lowest BCUT2D eigenvalue weighted by Gasteiger charge is -2.20. The molecule has 0 radical (unpaired) electrons. The number of anilines is 2. The number of nitrogens with zero attached hydrogens (tertiary/aromatic N) is 7. The van der Waals surface area contributed by atoms with E-state index in [0.717, 1.165) is 48.8 Å². The van der Waals surface area contributed by atoms with Crippen molar-refractivity contribution in [3.63, 3.8) is 0 Å². The molecule has 0 saturated carbocycles. The van der Waals surface area contributed by atoms with Crippen LogP contribution in [0.5, 0.6) is 0 Å².